The van der Waals surface area contributed by atoms with Crippen molar-refractivity contribution in [2.24, 2.45) is 22.9 Å². The number of hydrogen-bond donors (Lipinski definition) is 6. The van der Waals surface area contributed by atoms with Crippen molar-refractivity contribution in [3.8, 4) is 0 Å². The lowest BCUT2D eigenvalue weighted by atomic mass is 10.2. The number of carbonyl (C=O) groups is 5. The summed E-state index contributed by atoms with van der Waals surface area (Å²) in [6.07, 6.45) is -0.433. The van der Waals surface area contributed by atoms with Crippen molar-refractivity contribution in [2.75, 3.05) is 6.61 Å². The van der Waals surface area contributed by atoms with Crippen LogP contribution in [-0.2, 0) is 33.4 Å². The van der Waals surface area contributed by atoms with Gasteiger partial charge in [0.2, 0.25) is 0 Å². The Morgan fingerprint density at radius 2 is 1.26 bits per heavy atom. The van der Waals surface area contributed by atoms with Crippen LogP contribution in [-0.4, -0.2) is 70.8 Å². The molecule has 0 aliphatic carbocycles. The highest BCUT2D eigenvalue weighted by Crippen LogP contribution is 2.01. The standard InChI is InChI=1S/C11H19N3O6.C3H7NO3/c1-5(12)9(16)19-8(15)4-3-7(14)11(18)20-10(17)6(2)13;4-2(1-5)3(6)7/h5-7H,3-4,12-14H2,1-2H3;2,5H,1,4H2,(H,6,7)/t5-,6-,7-;2-/m00/s1. The Labute approximate surface area is 154 Å². The van der Waals surface area contributed by atoms with E-state index in [2.05, 4.69) is 9.47 Å². The predicted molar refractivity (Wildman–Crippen MR) is 89.4 cm³/mol. The molecule has 0 aromatic rings. The molecule has 0 heterocycles. The molecule has 27 heavy (non-hydrogen) atoms. The molecule has 0 aromatic carbocycles. The normalized spacial score (nSPS) is 14.5. The minimum atomic E-state index is -1.20. The summed E-state index contributed by atoms with van der Waals surface area (Å²) in [7, 11) is 0. The maximum absolute atomic E-state index is 11.3. The number of carbonyl (C=O) groups excluding carboxylic acids is 4. The molecule has 0 unspecified atom stereocenters. The van der Waals surface area contributed by atoms with Gasteiger partial charge < -0.3 is 42.6 Å². The number of carboxylic acid groups (broad SMARTS) is 1. The van der Waals surface area contributed by atoms with E-state index >= 15 is 0 Å². The smallest absolute Gasteiger partial charge is 0.330 e. The number of hydrogen-bond acceptors (Lipinski definition) is 12. The summed E-state index contributed by atoms with van der Waals surface area (Å²) in [5.41, 5.74) is 20.6. The predicted octanol–water partition coefficient (Wildman–Crippen LogP) is -3.68. The van der Waals surface area contributed by atoms with E-state index in [1.165, 1.54) is 13.8 Å². The van der Waals surface area contributed by atoms with Gasteiger partial charge in [-0.1, -0.05) is 0 Å². The fraction of sp³-hybridized carbons (Fsp3) is 0.643. The zero-order valence-electron chi connectivity index (χ0n) is 15.0. The third kappa shape index (κ3) is 13.4. The largest absolute Gasteiger partial charge is 0.480 e. The van der Waals surface area contributed by atoms with Crippen LogP contribution in [0.5, 0.6) is 0 Å². The van der Waals surface area contributed by atoms with Crippen molar-refractivity contribution in [3.63, 3.8) is 0 Å². The average molecular weight is 394 g/mol. The van der Waals surface area contributed by atoms with Gasteiger partial charge in [0.25, 0.3) is 0 Å². The van der Waals surface area contributed by atoms with Gasteiger partial charge >= 0.3 is 29.8 Å². The highest BCUT2D eigenvalue weighted by atomic mass is 16.6. The fourth-order valence-electron chi connectivity index (χ4n) is 0.993. The lowest BCUT2D eigenvalue weighted by Gasteiger charge is -2.11. The molecule has 0 amide bonds. The Hall–Kier alpha value is -2.45. The van der Waals surface area contributed by atoms with Gasteiger partial charge in [-0.05, 0) is 20.3 Å². The summed E-state index contributed by atoms with van der Waals surface area (Å²) < 4.78 is 8.72. The SMILES string of the molecule is C[C@H](N)C(=O)OC(=O)CC[C@H](N)C(=O)OC(=O)[C@H](C)N.N[C@@H](CO)C(=O)O. The van der Waals surface area contributed by atoms with Gasteiger partial charge in [-0.2, -0.15) is 0 Å². The van der Waals surface area contributed by atoms with Crippen LogP contribution < -0.4 is 22.9 Å². The Morgan fingerprint density at radius 3 is 1.59 bits per heavy atom. The molecular weight excluding hydrogens is 368 g/mol. The van der Waals surface area contributed by atoms with Crippen LogP contribution >= 0.6 is 0 Å². The van der Waals surface area contributed by atoms with Crippen molar-refractivity contribution < 1.29 is 43.7 Å². The summed E-state index contributed by atoms with van der Waals surface area (Å²) in [6.45, 7) is 2.20. The average Bonchev–Trinajstić information content (AvgIpc) is 2.58. The quantitative estimate of drug-likeness (QED) is 0.171. The number of carboxylic acids is 1. The minimum absolute atomic E-state index is 0.143. The third-order valence-electron chi connectivity index (χ3n) is 2.64. The zero-order chi connectivity index (χ0) is 21.7. The summed E-state index contributed by atoms with van der Waals surface area (Å²) in [4.78, 5) is 54.3. The van der Waals surface area contributed by atoms with E-state index in [9.17, 15) is 24.0 Å². The van der Waals surface area contributed by atoms with E-state index < -0.39 is 60.6 Å². The molecule has 0 spiro atoms. The topological polar surface area (TPSA) is 248 Å². The van der Waals surface area contributed by atoms with Crippen LogP contribution in [0.25, 0.3) is 0 Å². The fourth-order valence-corrected chi connectivity index (χ4v) is 0.993. The van der Waals surface area contributed by atoms with Crippen LogP contribution in [0, 0.1) is 0 Å². The van der Waals surface area contributed by atoms with Gasteiger partial charge in [0.15, 0.2) is 0 Å². The van der Waals surface area contributed by atoms with E-state index in [0.29, 0.717) is 0 Å². The Balaban J connectivity index is 0. The summed E-state index contributed by atoms with van der Waals surface area (Å²) in [5.74, 6) is -4.84. The molecule has 0 saturated carbocycles. The van der Waals surface area contributed by atoms with E-state index in [0.717, 1.165) is 0 Å². The Morgan fingerprint density at radius 1 is 0.815 bits per heavy atom. The summed E-state index contributed by atoms with van der Waals surface area (Å²) in [5, 5.41) is 15.9. The molecule has 4 atom stereocenters. The van der Waals surface area contributed by atoms with Crippen LogP contribution in [0.2, 0.25) is 0 Å². The summed E-state index contributed by atoms with van der Waals surface area (Å²) >= 11 is 0. The van der Waals surface area contributed by atoms with Gasteiger partial charge in [-0.25, -0.2) is 14.4 Å². The second-order valence-corrected chi connectivity index (χ2v) is 5.38. The second kappa shape index (κ2) is 13.7. The van der Waals surface area contributed by atoms with Gasteiger partial charge in [-0.15, -0.1) is 0 Å². The van der Waals surface area contributed by atoms with Crippen LogP contribution in [0.15, 0.2) is 0 Å². The molecular formula is C14H26N4O9. The zero-order valence-corrected chi connectivity index (χ0v) is 15.0. The van der Waals surface area contributed by atoms with Crippen molar-refractivity contribution in [3.05, 3.63) is 0 Å². The lowest BCUT2D eigenvalue weighted by molar-refractivity contribution is -0.161. The van der Waals surface area contributed by atoms with Gasteiger partial charge in [0, 0.05) is 6.42 Å². The highest BCUT2D eigenvalue weighted by molar-refractivity contribution is 5.91. The first-order valence-corrected chi connectivity index (χ1v) is 7.69. The number of aliphatic carboxylic acids is 1. The van der Waals surface area contributed by atoms with E-state index in [1.807, 2.05) is 0 Å². The molecule has 0 saturated heterocycles. The molecule has 156 valence electrons. The highest BCUT2D eigenvalue weighted by Gasteiger charge is 2.23. The van der Waals surface area contributed by atoms with Crippen molar-refractivity contribution in [1.82, 2.24) is 0 Å². The van der Waals surface area contributed by atoms with Crippen molar-refractivity contribution in [1.29, 1.82) is 0 Å². The number of rotatable bonds is 8. The minimum Gasteiger partial charge on any atom is -0.480 e. The first-order valence-electron chi connectivity index (χ1n) is 7.69. The molecule has 0 radical (unpaired) electrons. The van der Waals surface area contributed by atoms with E-state index in [1.54, 1.807) is 0 Å². The number of ether oxygens (including phenoxy) is 2. The molecule has 0 fully saturated rings. The molecule has 0 aliphatic heterocycles. The monoisotopic (exact) mass is 394 g/mol. The van der Waals surface area contributed by atoms with Gasteiger partial charge in [0.05, 0.1) is 6.61 Å². The Bertz CT molecular complexity index is 537. The number of esters is 4. The van der Waals surface area contributed by atoms with Crippen LogP contribution in [0.1, 0.15) is 26.7 Å². The van der Waals surface area contributed by atoms with Gasteiger partial charge in [0.1, 0.15) is 24.2 Å². The van der Waals surface area contributed by atoms with E-state index in [-0.39, 0.29) is 12.8 Å². The molecule has 10 N–H and O–H groups in total. The molecule has 0 rings (SSSR count). The molecule has 0 aromatic heterocycles. The first-order chi connectivity index (χ1) is 12.3. The molecule has 13 heteroatoms. The Kier molecular flexibility index (Phi) is 13.6. The maximum atomic E-state index is 11.3. The second-order valence-electron chi connectivity index (χ2n) is 5.38. The van der Waals surface area contributed by atoms with Crippen LogP contribution in [0.4, 0.5) is 0 Å². The molecule has 0 aliphatic rings. The number of nitrogens with two attached hydrogens (primary N) is 4. The van der Waals surface area contributed by atoms with E-state index in [4.69, 9.17) is 33.1 Å². The maximum Gasteiger partial charge on any atom is 0.330 e. The van der Waals surface area contributed by atoms with Crippen molar-refractivity contribution in [2.45, 2.75) is 50.9 Å². The molecule has 0 bridgehead atoms. The first kappa shape index (κ1) is 26.8. The summed E-state index contributed by atoms with van der Waals surface area (Å²) in [6, 6.07) is -4.21. The number of aliphatic hydroxyl groups excluding tert-OH is 1. The van der Waals surface area contributed by atoms with Crippen molar-refractivity contribution >= 4 is 29.8 Å². The van der Waals surface area contributed by atoms with Gasteiger partial charge in [-0.3, -0.25) is 9.59 Å². The molecule has 13 nitrogen and oxygen atoms in total. The lowest BCUT2D eigenvalue weighted by Crippen LogP contribution is -2.38. The van der Waals surface area contributed by atoms with Crippen LogP contribution in [0.3, 0.4) is 0 Å². The third-order valence-corrected chi connectivity index (χ3v) is 2.64. The number of aliphatic hydroxyl groups is 1.